The first-order valence-corrected chi connectivity index (χ1v) is 7.36. The second-order valence-corrected chi connectivity index (χ2v) is 5.57. The van der Waals surface area contributed by atoms with Gasteiger partial charge in [-0.3, -0.25) is 19.3 Å². The summed E-state index contributed by atoms with van der Waals surface area (Å²) in [6, 6.07) is 7.20. The van der Waals surface area contributed by atoms with Gasteiger partial charge in [-0.1, -0.05) is 12.1 Å². The zero-order chi connectivity index (χ0) is 14.8. The monoisotopic (exact) mass is 286 g/mol. The Morgan fingerprint density at radius 1 is 0.952 bits per heavy atom. The quantitative estimate of drug-likeness (QED) is 0.793. The highest BCUT2D eigenvalue weighted by Gasteiger charge is 2.28. The molecule has 0 spiro atoms. The van der Waals surface area contributed by atoms with Crippen molar-refractivity contribution in [3.63, 3.8) is 0 Å². The summed E-state index contributed by atoms with van der Waals surface area (Å²) in [5, 5.41) is 0. The predicted octanol–water partition coefficient (Wildman–Crippen LogP) is 1.57. The van der Waals surface area contributed by atoms with E-state index in [1.54, 1.807) is 12.1 Å². The van der Waals surface area contributed by atoms with Crippen LogP contribution in [0, 0.1) is 0 Å². The number of imide groups is 1. The van der Waals surface area contributed by atoms with E-state index in [0.717, 1.165) is 31.5 Å². The summed E-state index contributed by atoms with van der Waals surface area (Å²) in [6.45, 7) is 1.96. The molecule has 1 aromatic rings. The van der Waals surface area contributed by atoms with E-state index in [1.807, 2.05) is 17.0 Å². The van der Waals surface area contributed by atoms with Crippen molar-refractivity contribution >= 4 is 17.7 Å². The molecule has 0 saturated carbocycles. The Hall–Kier alpha value is -2.17. The maximum Gasteiger partial charge on any atom is 0.253 e. The lowest BCUT2D eigenvalue weighted by atomic mass is 10.1. The molecule has 0 atom stereocenters. The summed E-state index contributed by atoms with van der Waals surface area (Å²) < 4.78 is 0. The lowest BCUT2D eigenvalue weighted by Crippen LogP contribution is -2.29. The second-order valence-electron chi connectivity index (χ2n) is 5.57. The molecular weight excluding hydrogens is 268 g/mol. The Morgan fingerprint density at radius 2 is 1.52 bits per heavy atom. The summed E-state index contributed by atoms with van der Waals surface area (Å²) in [5.41, 5.74) is 1.54. The zero-order valence-corrected chi connectivity index (χ0v) is 11.9. The maximum atomic E-state index is 12.2. The van der Waals surface area contributed by atoms with Crippen LogP contribution < -0.4 is 0 Å². The van der Waals surface area contributed by atoms with Crippen molar-refractivity contribution < 1.29 is 14.4 Å². The summed E-state index contributed by atoms with van der Waals surface area (Å²) >= 11 is 0. The maximum absolute atomic E-state index is 12.2. The number of amides is 3. The smallest absolute Gasteiger partial charge is 0.253 e. The topological polar surface area (TPSA) is 57.7 Å². The molecule has 2 heterocycles. The number of likely N-dealkylation sites (tertiary alicyclic amines) is 2. The molecule has 2 saturated heterocycles. The Balaban J connectivity index is 1.67. The standard InChI is InChI=1S/C16H18N2O3/c19-14-7-8-15(20)18(14)11-12-3-5-13(6-4-12)16(21)17-9-1-2-10-17/h3-6H,1-2,7-11H2. The van der Waals surface area contributed by atoms with Crippen molar-refractivity contribution in [2.45, 2.75) is 32.2 Å². The van der Waals surface area contributed by atoms with Gasteiger partial charge in [0, 0.05) is 31.5 Å². The Morgan fingerprint density at radius 3 is 2.10 bits per heavy atom. The van der Waals surface area contributed by atoms with E-state index in [1.165, 1.54) is 4.90 Å². The van der Waals surface area contributed by atoms with Crippen LogP contribution >= 0.6 is 0 Å². The number of hydrogen-bond donors (Lipinski definition) is 0. The molecule has 0 N–H and O–H groups in total. The SMILES string of the molecule is O=C(c1ccc(CN2C(=O)CCC2=O)cc1)N1CCCC1. The third-order valence-electron chi connectivity index (χ3n) is 4.09. The van der Waals surface area contributed by atoms with Crippen LogP contribution in [0.5, 0.6) is 0 Å². The van der Waals surface area contributed by atoms with Gasteiger partial charge in [0.2, 0.25) is 11.8 Å². The number of rotatable bonds is 3. The van der Waals surface area contributed by atoms with Gasteiger partial charge in [0.1, 0.15) is 0 Å². The van der Waals surface area contributed by atoms with Gasteiger partial charge in [0.15, 0.2) is 0 Å². The molecule has 5 heteroatoms. The Bertz CT molecular complexity index is 558. The fourth-order valence-corrected chi connectivity index (χ4v) is 2.84. The van der Waals surface area contributed by atoms with Crippen molar-refractivity contribution in [1.82, 2.24) is 9.80 Å². The lowest BCUT2D eigenvalue weighted by Gasteiger charge is -2.16. The number of nitrogens with zero attached hydrogens (tertiary/aromatic N) is 2. The van der Waals surface area contributed by atoms with Gasteiger partial charge < -0.3 is 4.90 Å². The largest absolute Gasteiger partial charge is 0.339 e. The molecule has 0 unspecified atom stereocenters. The van der Waals surface area contributed by atoms with E-state index in [4.69, 9.17) is 0 Å². The molecule has 0 bridgehead atoms. The number of carbonyl (C=O) groups excluding carboxylic acids is 3. The summed E-state index contributed by atoms with van der Waals surface area (Å²) in [5.74, 6) is -0.165. The molecule has 5 nitrogen and oxygen atoms in total. The molecule has 1 aromatic carbocycles. The number of carbonyl (C=O) groups is 3. The molecule has 0 aliphatic carbocycles. The van der Waals surface area contributed by atoms with Crippen LogP contribution in [-0.4, -0.2) is 40.6 Å². The van der Waals surface area contributed by atoms with Gasteiger partial charge in [-0.15, -0.1) is 0 Å². The first-order chi connectivity index (χ1) is 10.1. The second kappa shape index (κ2) is 5.68. The minimum atomic E-state index is -0.114. The van der Waals surface area contributed by atoms with Crippen LogP contribution in [0.15, 0.2) is 24.3 Å². The minimum absolute atomic E-state index is 0.0624. The van der Waals surface area contributed by atoms with E-state index >= 15 is 0 Å². The number of benzene rings is 1. The first-order valence-electron chi connectivity index (χ1n) is 7.36. The van der Waals surface area contributed by atoms with E-state index in [9.17, 15) is 14.4 Å². The van der Waals surface area contributed by atoms with E-state index < -0.39 is 0 Å². The first kappa shape index (κ1) is 13.8. The zero-order valence-electron chi connectivity index (χ0n) is 11.9. The molecule has 2 aliphatic rings. The third kappa shape index (κ3) is 2.82. The van der Waals surface area contributed by atoms with Gasteiger partial charge in [-0.2, -0.15) is 0 Å². The summed E-state index contributed by atoms with van der Waals surface area (Å²) in [7, 11) is 0. The van der Waals surface area contributed by atoms with Gasteiger partial charge in [0.05, 0.1) is 6.54 Å². The number of hydrogen-bond acceptors (Lipinski definition) is 3. The summed E-state index contributed by atoms with van der Waals surface area (Å²) in [4.78, 5) is 38.5. The van der Waals surface area contributed by atoms with Crippen LogP contribution in [0.3, 0.4) is 0 Å². The molecule has 3 amide bonds. The molecule has 3 rings (SSSR count). The highest BCUT2D eigenvalue weighted by molar-refractivity contribution is 6.01. The van der Waals surface area contributed by atoms with Gasteiger partial charge in [0.25, 0.3) is 5.91 Å². The molecular formula is C16H18N2O3. The van der Waals surface area contributed by atoms with Gasteiger partial charge in [-0.05, 0) is 30.5 Å². The average Bonchev–Trinajstić information content (AvgIpc) is 3.13. The van der Waals surface area contributed by atoms with Crippen molar-refractivity contribution in [2.24, 2.45) is 0 Å². The van der Waals surface area contributed by atoms with E-state index in [0.29, 0.717) is 24.9 Å². The lowest BCUT2D eigenvalue weighted by molar-refractivity contribution is -0.139. The fraction of sp³-hybridized carbons (Fsp3) is 0.438. The van der Waals surface area contributed by atoms with Crippen molar-refractivity contribution in [1.29, 1.82) is 0 Å². The highest BCUT2D eigenvalue weighted by Crippen LogP contribution is 2.17. The minimum Gasteiger partial charge on any atom is -0.339 e. The van der Waals surface area contributed by atoms with Crippen molar-refractivity contribution in [3.8, 4) is 0 Å². The van der Waals surface area contributed by atoms with E-state index in [-0.39, 0.29) is 17.7 Å². The van der Waals surface area contributed by atoms with Crippen LogP contribution in [0.4, 0.5) is 0 Å². The van der Waals surface area contributed by atoms with Crippen LogP contribution in [0.1, 0.15) is 41.6 Å². The molecule has 0 aromatic heterocycles. The van der Waals surface area contributed by atoms with Gasteiger partial charge in [-0.25, -0.2) is 0 Å². The van der Waals surface area contributed by atoms with Crippen molar-refractivity contribution in [3.05, 3.63) is 35.4 Å². The molecule has 110 valence electrons. The molecule has 2 aliphatic heterocycles. The van der Waals surface area contributed by atoms with Crippen LogP contribution in [0.2, 0.25) is 0 Å². The van der Waals surface area contributed by atoms with Crippen LogP contribution in [-0.2, 0) is 16.1 Å². The van der Waals surface area contributed by atoms with E-state index in [2.05, 4.69) is 0 Å². The predicted molar refractivity (Wildman–Crippen MR) is 76.4 cm³/mol. The molecule has 21 heavy (non-hydrogen) atoms. The highest BCUT2D eigenvalue weighted by atomic mass is 16.2. The Labute approximate surface area is 123 Å². The molecule has 2 fully saturated rings. The average molecular weight is 286 g/mol. The Kier molecular flexibility index (Phi) is 3.73. The van der Waals surface area contributed by atoms with Crippen LogP contribution in [0.25, 0.3) is 0 Å². The molecule has 0 radical (unpaired) electrons. The normalized spacial score (nSPS) is 18.7. The fourth-order valence-electron chi connectivity index (χ4n) is 2.84. The summed E-state index contributed by atoms with van der Waals surface area (Å²) in [6.07, 6.45) is 2.76. The third-order valence-corrected chi connectivity index (χ3v) is 4.09. The van der Waals surface area contributed by atoms with Crippen molar-refractivity contribution in [2.75, 3.05) is 13.1 Å². The van der Waals surface area contributed by atoms with Gasteiger partial charge >= 0.3 is 0 Å².